The Hall–Kier alpha value is -3.38. The summed E-state index contributed by atoms with van der Waals surface area (Å²) < 4.78 is 5.36. The van der Waals surface area contributed by atoms with Crippen molar-refractivity contribution in [2.45, 2.75) is 0 Å². The van der Waals surface area contributed by atoms with Crippen molar-refractivity contribution in [1.82, 2.24) is 15.0 Å². The minimum Gasteiger partial charge on any atom is -0.495 e. The Kier molecular flexibility index (Phi) is 4.72. The van der Waals surface area contributed by atoms with Gasteiger partial charge in [0.05, 0.1) is 24.0 Å². The van der Waals surface area contributed by atoms with Gasteiger partial charge in [-0.2, -0.15) is 0 Å². The SMILES string of the molecule is COc1ccc(Cl)cc1Nc1cc(Nc2cccc3cccnc23)ncn1. The van der Waals surface area contributed by atoms with Gasteiger partial charge in [0.25, 0.3) is 0 Å². The van der Waals surface area contributed by atoms with Gasteiger partial charge in [-0.05, 0) is 30.3 Å². The number of para-hydroxylation sites is 1. The van der Waals surface area contributed by atoms with Crippen molar-refractivity contribution in [3.05, 3.63) is 72.1 Å². The number of nitrogens with one attached hydrogen (secondary N) is 2. The second-order valence-electron chi connectivity index (χ2n) is 5.76. The number of hydrogen-bond donors (Lipinski definition) is 2. The van der Waals surface area contributed by atoms with Crippen molar-refractivity contribution in [2.24, 2.45) is 0 Å². The van der Waals surface area contributed by atoms with Crippen molar-refractivity contribution in [3.8, 4) is 5.75 Å². The lowest BCUT2D eigenvalue weighted by Gasteiger charge is -2.12. The van der Waals surface area contributed by atoms with Gasteiger partial charge in [-0.25, -0.2) is 9.97 Å². The molecule has 4 aromatic rings. The number of aromatic nitrogens is 3. The number of ether oxygens (including phenoxy) is 1. The van der Waals surface area contributed by atoms with E-state index in [0.717, 1.165) is 22.3 Å². The van der Waals surface area contributed by atoms with E-state index in [1.165, 1.54) is 6.33 Å². The van der Waals surface area contributed by atoms with Gasteiger partial charge in [-0.1, -0.05) is 29.8 Å². The van der Waals surface area contributed by atoms with Crippen LogP contribution in [0.1, 0.15) is 0 Å². The second-order valence-corrected chi connectivity index (χ2v) is 6.20. The van der Waals surface area contributed by atoms with Crippen LogP contribution in [0.2, 0.25) is 5.02 Å². The van der Waals surface area contributed by atoms with Crippen molar-refractivity contribution in [3.63, 3.8) is 0 Å². The summed E-state index contributed by atoms with van der Waals surface area (Å²) in [7, 11) is 1.61. The molecule has 0 fully saturated rings. The standard InChI is InChI=1S/C20H16ClN5O/c1-27-17-8-7-14(21)10-16(17)26-19-11-18(23-12-24-19)25-15-6-2-4-13-5-3-9-22-20(13)15/h2-12H,1H3,(H2,23,24,25,26). The predicted octanol–water partition coefficient (Wildman–Crippen LogP) is 5.17. The van der Waals surface area contributed by atoms with Gasteiger partial charge in [0.2, 0.25) is 0 Å². The molecule has 0 atom stereocenters. The highest BCUT2D eigenvalue weighted by Gasteiger charge is 2.07. The molecular weight excluding hydrogens is 362 g/mol. The Morgan fingerprint density at radius 2 is 1.63 bits per heavy atom. The third kappa shape index (κ3) is 3.75. The van der Waals surface area contributed by atoms with Crippen LogP contribution in [0.15, 0.2) is 67.1 Å². The molecule has 0 aliphatic carbocycles. The van der Waals surface area contributed by atoms with Crippen LogP contribution >= 0.6 is 11.6 Å². The van der Waals surface area contributed by atoms with Gasteiger partial charge in [-0.3, -0.25) is 4.98 Å². The molecule has 134 valence electrons. The van der Waals surface area contributed by atoms with Crippen LogP contribution in [-0.2, 0) is 0 Å². The third-order valence-corrected chi connectivity index (χ3v) is 4.22. The first-order valence-electron chi connectivity index (χ1n) is 8.26. The lowest BCUT2D eigenvalue weighted by Crippen LogP contribution is -2.00. The van der Waals surface area contributed by atoms with E-state index in [0.29, 0.717) is 22.4 Å². The zero-order valence-electron chi connectivity index (χ0n) is 14.5. The Morgan fingerprint density at radius 1 is 0.852 bits per heavy atom. The fourth-order valence-electron chi connectivity index (χ4n) is 2.75. The molecule has 0 amide bonds. The summed E-state index contributed by atoms with van der Waals surface area (Å²) in [5, 5.41) is 8.17. The minimum atomic E-state index is 0.604. The summed E-state index contributed by atoms with van der Waals surface area (Å²) in [6.45, 7) is 0. The number of pyridine rings is 1. The van der Waals surface area contributed by atoms with E-state index in [2.05, 4.69) is 25.6 Å². The maximum absolute atomic E-state index is 6.09. The minimum absolute atomic E-state index is 0.604. The van der Waals surface area contributed by atoms with Crippen LogP contribution in [0.3, 0.4) is 0 Å². The van der Waals surface area contributed by atoms with Gasteiger partial charge >= 0.3 is 0 Å². The normalized spacial score (nSPS) is 10.6. The molecule has 7 heteroatoms. The van der Waals surface area contributed by atoms with E-state index in [1.807, 2.05) is 36.4 Å². The monoisotopic (exact) mass is 377 g/mol. The van der Waals surface area contributed by atoms with E-state index < -0.39 is 0 Å². The molecule has 2 aromatic heterocycles. The topological polar surface area (TPSA) is 72.0 Å². The zero-order valence-corrected chi connectivity index (χ0v) is 15.2. The molecule has 2 aromatic carbocycles. The fraction of sp³-hybridized carbons (Fsp3) is 0.0500. The van der Waals surface area contributed by atoms with Crippen molar-refractivity contribution in [2.75, 3.05) is 17.7 Å². The summed E-state index contributed by atoms with van der Waals surface area (Å²) in [5.41, 5.74) is 2.48. The predicted molar refractivity (Wildman–Crippen MR) is 108 cm³/mol. The summed E-state index contributed by atoms with van der Waals surface area (Å²) in [6, 6.07) is 17.0. The highest BCUT2D eigenvalue weighted by molar-refractivity contribution is 6.31. The largest absolute Gasteiger partial charge is 0.495 e. The van der Waals surface area contributed by atoms with E-state index in [4.69, 9.17) is 16.3 Å². The molecule has 0 radical (unpaired) electrons. The molecule has 0 bridgehead atoms. The lowest BCUT2D eigenvalue weighted by molar-refractivity contribution is 0.417. The first-order chi connectivity index (χ1) is 13.2. The Labute approximate surface area is 161 Å². The van der Waals surface area contributed by atoms with Crippen LogP contribution in [0.4, 0.5) is 23.0 Å². The summed E-state index contributed by atoms with van der Waals surface area (Å²) in [4.78, 5) is 13.0. The number of halogens is 1. The highest BCUT2D eigenvalue weighted by atomic mass is 35.5. The number of benzene rings is 2. The van der Waals surface area contributed by atoms with Crippen LogP contribution < -0.4 is 15.4 Å². The number of anilines is 4. The molecule has 2 N–H and O–H groups in total. The van der Waals surface area contributed by atoms with Crippen molar-refractivity contribution >= 4 is 45.5 Å². The van der Waals surface area contributed by atoms with Crippen LogP contribution in [0.25, 0.3) is 10.9 Å². The number of fused-ring (bicyclic) bond motifs is 1. The molecular formula is C20H16ClN5O. The van der Waals surface area contributed by atoms with Gasteiger partial charge < -0.3 is 15.4 Å². The molecule has 0 saturated heterocycles. The summed E-state index contributed by atoms with van der Waals surface area (Å²) >= 11 is 6.09. The molecule has 0 aliphatic heterocycles. The molecule has 27 heavy (non-hydrogen) atoms. The molecule has 6 nitrogen and oxygen atoms in total. The molecule has 0 spiro atoms. The van der Waals surface area contributed by atoms with E-state index in [9.17, 15) is 0 Å². The Balaban J connectivity index is 1.62. The van der Waals surface area contributed by atoms with Crippen molar-refractivity contribution in [1.29, 1.82) is 0 Å². The first-order valence-corrected chi connectivity index (χ1v) is 8.64. The van der Waals surface area contributed by atoms with Crippen LogP contribution in [0, 0.1) is 0 Å². The van der Waals surface area contributed by atoms with Gasteiger partial charge in [-0.15, -0.1) is 0 Å². The number of methoxy groups -OCH3 is 1. The van der Waals surface area contributed by atoms with Crippen LogP contribution in [-0.4, -0.2) is 22.1 Å². The molecule has 2 heterocycles. The highest BCUT2D eigenvalue weighted by Crippen LogP contribution is 2.31. The maximum Gasteiger partial charge on any atom is 0.142 e. The average molecular weight is 378 g/mol. The molecule has 0 saturated carbocycles. The number of nitrogens with zero attached hydrogens (tertiary/aromatic N) is 3. The average Bonchev–Trinajstić information content (AvgIpc) is 2.69. The lowest BCUT2D eigenvalue weighted by atomic mass is 10.2. The quantitative estimate of drug-likeness (QED) is 0.499. The molecule has 0 unspecified atom stereocenters. The third-order valence-electron chi connectivity index (χ3n) is 3.99. The Morgan fingerprint density at radius 3 is 2.44 bits per heavy atom. The van der Waals surface area contributed by atoms with Crippen molar-refractivity contribution < 1.29 is 4.74 Å². The smallest absolute Gasteiger partial charge is 0.142 e. The Bertz CT molecular complexity index is 1100. The summed E-state index contributed by atoms with van der Waals surface area (Å²) in [5.74, 6) is 1.93. The first kappa shape index (κ1) is 17.1. The van der Waals surface area contributed by atoms with E-state index >= 15 is 0 Å². The van der Waals surface area contributed by atoms with E-state index in [-0.39, 0.29) is 0 Å². The number of rotatable bonds is 5. The maximum atomic E-state index is 6.09. The van der Waals surface area contributed by atoms with Crippen LogP contribution in [0.5, 0.6) is 5.75 Å². The van der Waals surface area contributed by atoms with Gasteiger partial charge in [0.15, 0.2) is 0 Å². The van der Waals surface area contributed by atoms with Gasteiger partial charge in [0.1, 0.15) is 23.7 Å². The number of hydrogen-bond acceptors (Lipinski definition) is 6. The molecule has 4 rings (SSSR count). The molecule has 0 aliphatic rings. The van der Waals surface area contributed by atoms with Gasteiger partial charge in [0, 0.05) is 22.7 Å². The summed E-state index contributed by atoms with van der Waals surface area (Å²) in [6.07, 6.45) is 3.26. The zero-order chi connectivity index (χ0) is 18.6. The second kappa shape index (κ2) is 7.47. The fourth-order valence-corrected chi connectivity index (χ4v) is 2.93. The van der Waals surface area contributed by atoms with E-state index in [1.54, 1.807) is 31.5 Å².